The highest BCUT2D eigenvalue weighted by Crippen LogP contribution is 2.35. The molecule has 0 saturated heterocycles. The molecule has 0 radical (unpaired) electrons. The van der Waals surface area contributed by atoms with Gasteiger partial charge in [-0.25, -0.2) is 9.67 Å². The first-order chi connectivity index (χ1) is 13.4. The summed E-state index contributed by atoms with van der Waals surface area (Å²) in [6.45, 7) is 1.56. The summed E-state index contributed by atoms with van der Waals surface area (Å²) in [5, 5.41) is 2.94. The SMILES string of the molecule is Cc1cc(Cn2nc(C(F)(F)F)nc2-c2ncc(C(F)(F)F)cc2Cl)ccc1N. The van der Waals surface area contributed by atoms with E-state index in [4.69, 9.17) is 17.3 Å². The van der Waals surface area contributed by atoms with Gasteiger partial charge in [0.05, 0.1) is 17.1 Å². The second-order valence-corrected chi connectivity index (χ2v) is 6.56. The van der Waals surface area contributed by atoms with E-state index in [0.29, 0.717) is 29.1 Å². The Balaban J connectivity index is 2.10. The molecule has 1 aromatic carbocycles. The van der Waals surface area contributed by atoms with Gasteiger partial charge in [0, 0.05) is 11.9 Å². The summed E-state index contributed by atoms with van der Waals surface area (Å²) in [7, 11) is 0. The van der Waals surface area contributed by atoms with Crippen molar-refractivity contribution in [2.45, 2.75) is 25.8 Å². The minimum atomic E-state index is -4.87. The zero-order valence-electron chi connectivity index (χ0n) is 14.6. The zero-order chi connectivity index (χ0) is 21.6. The molecule has 154 valence electrons. The van der Waals surface area contributed by atoms with Crippen molar-refractivity contribution < 1.29 is 26.3 Å². The number of benzene rings is 1. The molecule has 2 N–H and O–H groups in total. The van der Waals surface area contributed by atoms with Gasteiger partial charge in [-0.1, -0.05) is 23.7 Å². The number of aromatic nitrogens is 4. The average Bonchev–Trinajstić information content (AvgIpc) is 3.01. The molecule has 0 atom stereocenters. The van der Waals surface area contributed by atoms with Crippen LogP contribution in [0, 0.1) is 6.92 Å². The molecule has 0 aliphatic carbocycles. The molecule has 3 rings (SSSR count). The van der Waals surface area contributed by atoms with Crippen molar-refractivity contribution >= 4 is 17.3 Å². The first-order valence-electron chi connectivity index (χ1n) is 7.96. The average molecular weight is 436 g/mol. The van der Waals surface area contributed by atoms with Crippen LogP contribution in [0.1, 0.15) is 22.5 Å². The van der Waals surface area contributed by atoms with Crippen LogP contribution in [0.25, 0.3) is 11.5 Å². The van der Waals surface area contributed by atoms with Crippen molar-refractivity contribution in [2.75, 3.05) is 5.73 Å². The largest absolute Gasteiger partial charge is 0.453 e. The molecule has 5 nitrogen and oxygen atoms in total. The normalized spacial score (nSPS) is 12.4. The molecule has 0 aliphatic heterocycles. The van der Waals surface area contributed by atoms with Gasteiger partial charge in [0.15, 0.2) is 5.82 Å². The van der Waals surface area contributed by atoms with Crippen molar-refractivity contribution in [3.63, 3.8) is 0 Å². The third kappa shape index (κ3) is 4.44. The van der Waals surface area contributed by atoms with Crippen LogP contribution in [-0.2, 0) is 18.9 Å². The predicted octanol–water partition coefficient (Wildman–Crippen LogP) is 4.97. The van der Waals surface area contributed by atoms with E-state index >= 15 is 0 Å². The molecule has 0 fully saturated rings. The molecule has 12 heteroatoms. The first kappa shape index (κ1) is 20.9. The summed E-state index contributed by atoms with van der Waals surface area (Å²) in [5.74, 6) is -1.87. The van der Waals surface area contributed by atoms with Gasteiger partial charge in [-0.2, -0.15) is 26.3 Å². The molecule has 29 heavy (non-hydrogen) atoms. The fourth-order valence-electron chi connectivity index (χ4n) is 2.51. The highest BCUT2D eigenvalue weighted by atomic mass is 35.5. The second kappa shape index (κ2) is 7.21. The molecule has 0 aliphatic rings. The Morgan fingerprint density at radius 3 is 2.31 bits per heavy atom. The number of aryl methyl sites for hydroxylation is 1. The predicted molar refractivity (Wildman–Crippen MR) is 93.0 cm³/mol. The van der Waals surface area contributed by atoms with Crippen LogP contribution in [0.15, 0.2) is 30.5 Å². The van der Waals surface area contributed by atoms with Crippen LogP contribution in [0.2, 0.25) is 5.02 Å². The van der Waals surface area contributed by atoms with Gasteiger partial charge in [0.25, 0.3) is 5.82 Å². The molecule has 0 spiro atoms. The van der Waals surface area contributed by atoms with Gasteiger partial charge in [0.2, 0.25) is 0 Å². The lowest BCUT2D eigenvalue weighted by Gasteiger charge is -2.10. The summed E-state index contributed by atoms with van der Waals surface area (Å²) in [6, 6.07) is 5.39. The third-order valence-electron chi connectivity index (χ3n) is 3.97. The first-order valence-corrected chi connectivity index (χ1v) is 8.34. The van der Waals surface area contributed by atoms with Gasteiger partial charge in [0.1, 0.15) is 5.69 Å². The number of nitrogen functional groups attached to an aromatic ring is 1. The maximum atomic E-state index is 13.1. The van der Waals surface area contributed by atoms with Crippen molar-refractivity contribution in [3.05, 3.63) is 58.0 Å². The minimum Gasteiger partial charge on any atom is -0.399 e. The second-order valence-electron chi connectivity index (χ2n) is 6.16. The third-order valence-corrected chi connectivity index (χ3v) is 4.26. The number of anilines is 1. The molecule has 2 heterocycles. The van der Waals surface area contributed by atoms with Crippen LogP contribution in [0.4, 0.5) is 32.0 Å². The van der Waals surface area contributed by atoms with Gasteiger partial charge >= 0.3 is 12.4 Å². The summed E-state index contributed by atoms with van der Waals surface area (Å²) in [4.78, 5) is 7.00. The van der Waals surface area contributed by atoms with Crippen molar-refractivity contribution in [1.82, 2.24) is 19.7 Å². The number of hydrogen-bond donors (Lipinski definition) is 1. The number of rotatable bonds is 3. The summed E-state index contributed by atoms with van der Waals surface area (Å²) in [6.07, 6.45) is -9.10. The fourth-order valence-corrected chi connectivity index (χ4v) is 2.77. The molecular formula is C17H12ClF6N5. The maximum absolute atomic E-state index is 13.1. The van der Waals surface area contributed by atoms with E-state index in [2.05, 4.69) is 15.1 Å². The van der Waals surface area contributed by atoms with Gasteiger partial charge in [-0.05, 0) is 30.2 Å². The summed E-state index contributed by atoms with van der Waals surface area (Å²) >= 11 is 5.87. The number of halogens is 7. The van der Waals surface area contributed by atoms with E-state index in [9.17, 15) is 26.3 Å². The molecule has 3 aromatic rings. The van der Waals surface area contributed by atoms with E-state index in [-0.39, 0.29) is 12.2 Å². The van der Waals surface area contributed by atoms with E-state index in [1.165, 1.54) is 0 Å². The van der Waals surface area contributed by atoms with Gasteiger partial charge in [-0.15, -0.1) is 5.10 Å². The fraction of sp³-hybridized carbons (Fsp3) is 0.235. The molecule has 2 aromatic heterocycles. The lowest BCUT2D eigenvalue weighted by molar-refractivity contribution is -0.145. The summed E-state index contributed by atoms with van der Waals surface area (Å²) < 4.78 is 78.7. The standard InChI is InChI=1S/C17H12ClF6N5/c1-8-4-9(2-3-12(8)25)7-29-14(27-15(28-29)17(22,23)24)13-11(18)5-10(6-26-13)16(19,20)21/h2-6H,7,25H2,1H3. The highest BCUT2D eigenvalue weighted by molar-refractivity contribution is 6.32. The lowest BCUT2D eigenvalue weighted by Crippen LogP contribution is -2.10. The quantitative estimate of drug-likeness (QED) is 0.466. The number of alkyl halides is 6. The number of nitrogens with two attached hydrogens (primary N) is 1. The number of pyridine rings is 1. The molecule has 0 amide bonds. The Bertz CT molecular complexity index is 1060. The Morgan fingerprint density at radius 1 is 1.07 bits per heavy atom. The zero-order valence-corrected chi connectivity index (χ0v) is 15.4. The summed E-state index contributed by atoms with van der Waals surface area (Å²) in [5.41, 5.74) is 5.99. The van der Waals surface area contributed by atoms with E-state index in [0.717, 1.165) is 4.68 Å². The molecule has 0 saturated carbocycles. The van der Waals surface area contributed by atoms with Crippen molar-refractivity contribution in [3.8, 4) is 11.5 Å². The number of nitrogens with zero attached hydrogens (tertiary/aromatic N) is 4. The molecular weight excluding hydrogens is 424 g/mol. The molecule has 0 bridgehead atoms. The van der Waals surface area contributed by atoms with Crippen LogP contribution in [0.5, 0.6) is 0 Å². The highest BCUT2D eigenvalue weighted by Gasteiger charge is 2.38. The van der Waals surface area contributed by atoms with Gasteiger partial charge < -0.3 is 5.73 Å². The Morgan fingerprint density at radius 2 is 1.76 bits per heavy atom. The van der Waals surface area contributed by atoms with E-state index < -0.39 is 34.6 Å². The molecule has 0 unspecified atom stereocenters. The van der Waals surface area contributed by atoms with Crippen LogP contribution < -0.4 is 5.73 Å². The lowest BCUT2D eigenvalue weighted by atomic mass is 10.1. The maximum Gasteiger partial charge on any atom is 0.453 e. The van der Waals surface area contributed by atoms with Crippen LogP contribution >= 0.6 is 11.6 Å². The Kier molecular flexibility index (Phi) is 5.20. The number of hydrogen-bond acceptors (Lipinski definition) is 4. The topological polar surface area (TPSA) is 69.6 Å². The van der Waals surface area contributed by atoms with E-state index in [1.54, 1.807) is 25.1 Å². The smallest absolute Gasteiger partial charge is 0.399 e. The van der Waals surface area contributed by atoms with Crippen LogP contribution in [-0.4, -0.2) is 19.7 Å². The monoisotopic (exact) mass is 435 g/mol. The van der Waals surface area contributed by atoms with Crippen molar-refractivity contribution in [1.29, 1.82) is 0 Å². The minimum absolute atomic E-state index is 0.154. The Labute approximate surface area is 165 Å². The van der Waals surface area contributed by atoms with E-state index in [1.807, 2.05) is 0 Å². The Hall–Kier alpha value is -2.82. The van der Waals surface area contributed by atoms with Gasteiger partial charge in [-0.3, -0.25) is 4.98 Å². The van der Waals surface area contributed by atoms with Crippen LogP contribution in [0.3, 0.4) is 0 Å². The van der Waals surface area contributed by atoms with Crippen molar-refractivity contribution in [2.24, 2.45) is 0 Å².